The molecule has 5 heteroatoms. The number of hydrogen-bond acceptors (Lipinski definition) is 3. The fourth-order valence-corrected chi connectivity index (χ4v) is 2.27. The molecule has 2 heterocycles. The lowest BCUT2D eigenvalue weighted by Gasteiger charge is -2.06. The van der Waals surface area contributed by atoms with Gasteiger partial charge in [0.15, 0.2) is 5.65 Å². The van der Waals surface area contributed by atoms with Crippen LogP contribution in [0.1, 0.15) is 11.3 Å². The number of nitrogens with zero attached hydrogens (tertiary/aromatic N) is 3. The number of halogens is 1. The van der Waals surface area contributed by atoms with E-state index < -0.39 is 0 Å². The molecule has 0 saturated carbocycles. The molecule has 0 saturated heterocycles. The van der Waals surface area contributed by atoms with Gasteiger partial charge < -0.3 is 5.73 Å². The summed E-state index contributed by atoms with van der Waals surface area (Å²) in [5.74, 6) is 0.217. The first-order valence-electron chi connectivity index (χ1n) is 6.47. The quantitative estimate of drug-likeness (QED) is 0.796. The average molecular weight is 270 g/mol. The van der Waals surface area contributed by atoms with Gasteiger partial charge in [0.05, 0.1) is 0 Å². The van der Waals surface area contributed by atoms with Crippen molar-refractivity contribution < 1.29 is 4.39 Å². The largest absolute Gasteiger partial charge is 0.369 e. The van der Waals surface area contributed by atoms with Gasteiger partial charge in [0.2, 0.25) is 5.95 Å². The monoisotopic (exact) mass is 270 g/mol. The smallest absolute Gasteiger partial charge is 0.202 e. The Morgan fingerprint density at radius 1 is 1.20 bits per heavy atom. The summed E-state index contributed by atoms with van der Waals surface area (Å²) in [7, 11) is 0. The number of rotatable bonds is 3. The summed E-state index contributed by atoms with van der Waals surface area (Å²) in [5.41, 5.74) is 9.35. The summed E-state index contributed by atoms with van der Waals surface area (Å²) in [4.78, 5) is 8.76. The van der Waals surface area contributed by atoms with Crippen molar-refractivity contribution >= 4 is 17.1 Å². The van der Waals surface area contributed by atoms with Crippen LogP contribution in [-0.2, 0) is 13.0 Å². The molecule has 0 aliphatic rings. The fourth-order valence-electron chi connectivity index (χ4n) is 2.27. The molecule has 0 unspecified atom stereocenters. The third-order valence-corrected chi connectivity index (χ3v) is 3.27. The van der Waals surface area contributed by atoms with Crippen LogP contribution in [0.15, 0.2) is 36.4 Å². The number of nitrogen functional groups attached to an aromatic ring is 1. The van der Waals surface area contributed by atoms with E-state index in [-0.39, 0.29) is 5.82 Å². The van der Waals surface area contributed by atoms with Crippen LogP contribution in [0.25, 0.3) is 11.2 Å². The van der Waals surface area contributed by atoms with Crippen molar-refractivity contribution in [3.63, 3.8) is 0 Å². The third-order valence-electron chi connectivity index (χ3n) is 3.27. The summed E-state index contributed by atoms with van der Waals surface area (Å²) >= 11 is 0. The van der Waals surface area contributed by atoms with Gasteiger partial charge in [0.25, 0.3) is 0 Å². The highest BCUT2D eigenvalue weighted by Gasteiger charge is 2.09. The van der Waals surface area contributed by atoms with Gasteiger partial charge in [-0.2, -0.15) is 0 Å². The molecule has 2 aromatic heterocycles. The van der Waals surface area contributed by atoms with Gasteiger partial charge in [-0.25, -0.2) is 14.4 Å². The molecule has 0 bridgehead atoms. The Bertz CT molecular complexity index is 764. The molecular formula is C15H15FN4. The Balaban J connectivity index is 1.90. The molecule has 0 amide bonds. The first-order chi connectivity index (χ1) is 9.63. The standard InChI is InChI=1S/C15H15FN4/c1-10-5-6-13-14(18-10)20(15(17)19-13)8-7-11-3-2-4-12(16)9-11/h2-6,9H,7-8H2,1H3,(H2,17,19). The van der Waals surface area contributed by atoms with Gasteiger partial charge in [0, 0.05) is 12.2 Å². The minimum atomic E-state index is -0.222. The van der Waals surface area contributed by atoms with E-state index in [4.69, 9.17) is 5.73 Å². The minimum Gasteiger partial charge on any atom is -0.369 e. The number of benzene rings is 1. The van der Waals surface area contributed by atoms with Crippen molar-refractivity contribution in [3.8, 4) is 0 Å². The van der Waals surface area contributed by atoms with E-state index >= 15 is 0 Å². The van der Waals surface area contributed by atoms with Crippen LogP contribution in [0.3, 0.4) is 0 Å². The number of imidazole rings is 1. The Labute approximate surface area is 116 Å². The van der Waals surface area contributed by atoms with Gasteiger partial charge in [-0.3, -0.25) is 4.57 Å². The molecule has 0 fully saturated rings. The summed E-state index contributed by atoms with van der Waals surface area (Å²) < 4.78 is 15.0. The Kier molecular flexibility index (Phi) is 3.10. The molecular weight excluding hydrogens is 255 g/mol. The molecule has 0 aliphatic heterocycles. The lowest BCUT2D eigenvalue weighted by atomic mass is 10.1. The maximum atomic E-state index is 13.2. The predicted octanol–water partition coefficient (Wildman–Crippen LogP) is 2.70. The molecule has 102 valence electrons. The summed E-state index contributed by atoms with van der Waals surface area (Å²) in [6.07, 6.45) is 0.684. The molecule has 0 spiro atoms. The van der Waals surface area contributed by atoms with Gasteiger partial charge in [0.1, 0.15) is 11.3 Å². The zero-order valence-electron chi connectivity index (χ0n) is 11.2. The van der Waals surface area contributed by atoms with Crippen molar-refractivity contribution in [1.82, 2.24) is 14.5 Å². The normalized spacial score (nSPS) is 11.1. The lowest BCUT2D eigenvalue weighted by molar-refractivity contribution is 0.622. The van der Waals surface area contributed by atoms with E-state index in [0.29, 0.717) is 18.9 Å². The first-order valence-corrected chi connectivity index (χ1v) is 6.47. The summed E-state index contributed by atoms with van der Waals surface area (Å²) in [5, 5.41) is 0. The number of nitrogens with two attached hydrogens (primary N) is 1. The summed E-state index contributed by atoms with van der Waals surface area (Å²) in [6.45, 7) is 2.56. The van der Waals surface area contributed by atoms with Crippen LogP contribution in [0.5, 0.6) is 0 Å². The first kappa shape index (κ1) is 12.6. The molecule has 3 rings (SSSR count). The van der Waals surface area contributed by atoms with Gasteiger partial charge in [-0.15, -0.1) is 0 Å². The average Bonchev–Trinajstić information content (AvgIpc) is 2.72. The Morgan fingerprint density at radius 3 is 2.85 bits per heavy atom. The van der Waals surface area contributed by atoms with Crippen molar-refractivity contribution in [3.05, 3.63) is 53.5 Å². The van der Waals surface area contributed by atoms with E-state index in [2.05, 4.69) is 9.97 Å². The van der Waals surface area contributed by atoms with E-state index in [1.807, 2.05) is 29.7 Å². The van der Waals surface area contributed by atoms with E-state index in [9.17, 15) is 4.39 Å². The van der Waals surface area contributed by atoms with Crippen LogP contribution < -0.4 is 5.73 Å². The SMILES string of the molecule is Cc1ccc2nc(N)n(CCc3cccc(F)c3)c2n1. The van der Waals surface area contributed by atoms with Crippen molar-refractivity contribution in [2.24, 2.45) is 0 Å². The molecule has 1 aromatic carbocycles. The third kappa shape index (κ3) is 2.34. The van der Waals surface area contributed by atoms with Crippen molar-refractivity contribution in [2.75, 3.05) is 5.73 Å². The molecule has 20 heavy (non-hydrogen) atoms. The molecule has 3 aromatic rings. The van der Waals surface area contributed by atoms with Crippen LogP contribution >= 0.6 is 0 Å². The highest BCUT2D eigenvalue weighted by molar-refractivity contribution is 5.74. The summed E-state index contributed by atoms with van der Waals surface area (Å²) in [6, 6.07) is 10.4. The van der Waals surface area contributed by atoms with Gasteiger partial charge >= 0.3 is 0 Å². The molecule has 0 atom stereocenters. The molecule has 4 nitrogen and oxygen atoms in total. The maximum absolute atomic E-state index is 13.2. The van der Waals surface area contributed by atoms with Crippen LogP contribution in [0, 0.1) is 12.7 Å². The molecule has 2 N–H and O–H groups in total. The van der Waals surface area contributed by atoms with Crippen LogP contribution in [0.2, 0.25) is 0 Å². The number of aromatic nitrogens is 3. The Morgan fingerprint density at radius 2 is 2.05 bits per heavy atom. The second kappa shape index (κ2) is 4.92. The second-order valence-electron chi connectivity index (χ2n) is 4.80. The number of fused-ring (bicyclic) bond motifs is 1. The van der Waals surface area contributed by atoms with E-state index in [0.717, 1.165) is 22.4 Å². The highest BCUT2D eigenvalue weighted by atomic mass is 19.1. The van der Waals surface area contributed by atoms with E-state index in [1.165, 1.54) is 12.1 Å². The Hall–Kier alpha value is -2.43. The highest BCUT2D eigenvalue weighted by Crippen LogP contribution is 2.17. The zero-order valence-corrected chi connectivity index (χ0v) is 11.2. The van der Waals surface area contributed by atoms with Crippen LogP contribution in [-0.4, -0.2) is 14.5 Å². The van der Waals surface area contributed by atoms with Gasteiger partial charge in [-0.1, -0.05) is 12.1 Å². The van der Waals surface area contributed by atoms with Crippen molar-refractivity contribution in [2.45, 2.75) is 19.9 Å². The number of pyridine rings is 1. The number of hydrogen-bond donors (Lipinski definition) is 1. The van der Waals surface area contributed by atoms with Crippen LogP contribution in [0.4, 0.5) is 10.3 Å². The lowest BCUT2D eigenvalue weighted by Crippen LogP contribution is -2.06. The van der Waals surface area contributed by atoms with Crippen molar-refractivity contribution in [1.29, 1.82) is 0 Å². The topological polar surface area (TPSA) is 56.7 Å². The van der Waals surface area contributed by atoms with E-state index in [1.54, 1.807) is 6.07 Å². The van der Waals surface area contributed by atoms with Gasteiger partial charge in [-0.05, 0) is 43.2 Å². The fraction of sp³-hybridized carbons (Fsp3) is 0.200. The number of anilines is 1. The minimum absolute atomic E-state index is 0.222. The number of aryl methyl sites for hydroxylation is 3. The maximum Gasteiger partial charge on any atom is 0.202 e. The second-order valence-corrected chi connectivity index (χ2v) is 4.80. The molecule has 0 aliphatic carbocycles. The predicted molar refractivity (Wildman–Crippen MR) is 76.8 cm³/mol. The zero-order chi connectivity index (χ0) is 14.1. The molecule has 0 radical (unpaired) electrons.